The zero-order valence-electron chi connectivity index (χ0n) is 11.2. The molecule has 0 aliphatic carbocycles. The van der Waals surface area contributed by atoms with Crippen LogP contribution in [0.1, 0.15) is 33.6 Å². The fraction of sp³-hybridized carbons (Fsp3) is 1.00. The van der Waals surface area contributed by atoms with Gasteiger partial charge in [-0.05, 0) is 46.1 Å². The second-order valence-electron chi connectivity index (χ2n) is 5.70. The maximum Gasteiger partial charge on any atom is 0.156 e. The predicted molar refractivity (Wildman–Crippen MR) is 70.0 cm³/mol. The zero-order chi connectivity index (χ0) is 12.9. The van der Waals surface area contributed by atoms with Crippen LogP contribution in [-0.4, -0.2) is 45.2 Å². The molecule has 0 aromatic carbocycles. The molecule has 1 heterocycles. The Morgan fingerprint density at radius 3 is 2.53 bits per heavy atom. The van der Waals surface area contributed by atoms with Crippen molar-refractivity contribution < 1.29 is 13.2 Å². The van der Waals surface area contributed by atoms with Crippen LogP contribution in [0.25, 0.3) is 0 Å². The van der Waals surface area contributed by atoms with E-state index in [1.807, 2.05) is 0 Å². The summed E-state index contributed by atoms with van der Waals surface area (Å²) in [6.45, 7) is 8.42. The summed E-state index contributed by atoms with van der Waals surface area (Å²) in [5.74, 6) is 0.874. The van der Waals surface area contributed by atoms with Gasteiger partial charge in [0.15, 0.2) is 9.84 Å². The van der Waals surface area contributed by atoms with Crippen LogP contribution in [0.5, 0.6) is 0 Å². The van der Waals surface area contributed by atoms with E-state index in [1.54, 1.807) is 20.8 Å². The Balaban J connectivity index is 2.11. The first-order valence-corrected chi connectivity index (χ1v) is 7.99. The summed E-state index contributed by atoms with van der Waals surface area (Å²) in [7, 11) is -2.98. The van der Waals surface area contributed by atoms with Crippen molar-refractivity contribution in [2.45, 2.75) is 38.4 Å². The molecular weight excluding hydrogens is 238 g/mol. The van der Waals surface area contributed by atoms with Gasteiger partial charge in [-0.3, -0.25) is 0 Å². The second kappa shape index (κ2) is 6.16. The molecule has 0 amide bonds. The van der Waals surface area contributed by atoms with Crippen molar-refractivity contribution in [1.29, 1.82) is 0 Å². The first-order chi connectivity index (χ1) is 7.83. The highest BCUT2D eigenvalue weighted by Gasteiger charge is 2.28. The molecule has 1 unspecified atom stereocenters. The van der Waals surface area contributed by atoms with Crippen LogP contribution in [0.4, 0.5) is 0 Å². The number of sulfone groups is 1. The minimum atomic E-state index is -2.98. The number of hydrogen-bond acceptors (Lipinski definition) is 4. The van der Waals surface area contributed by atoms with Gasteiger partial charge in [-0.25, -0.2) is 8.42 Å². The van der Waals surface area contributed by atoms with Crippen LogP contribution in [0, 0.1) is 5.92 Å². The lowest BCUT2D eigenvalue weighted by atomic mass is 10.1. The molecule has 17 heavy (non-hydrogen) atoms. The molecule has 0 radical (unpaired) electrons. The topological polar surface area (TPSA) is 55.4 Å². The van der Waals surface area contributed by atoms with Crippen molar-refractivity contribution in [2.75, 3.05) is 32.1 Å². The van der Waals surface area contributed by atoms with E-state index < -0.39 is 14.6 Å². The lowest BCUT2D eigenvalue weighted by molar-refractivity contribution is 0.184. The van der Waals surface area contributed by atoms with Crippen LogP contribution in [0.15, 0.2) is 0 Å². The molecule has 1 saturated heterocycles. The van der Waals surface area contributed by atoms with Crippen LogP contribution >= 0.6 is 0 Å². The minimum Gasteiger partial charge on any atom is -0.381 e. The van der Waals surface area contributed by atoms with Crippen molar-refractivity contribution in [3.8, 4) is 0 Å². The van der Waals surface area contributed by atoms with Gasteiger partial charge < -0.3 is 10.1 Å². The SMILES string of the molecule is CC(C)(C)S(=O)(=O)CCNCCC1CCOC1. The standard InChI is InChI=1S/C12H25NO3S/c1-12(2,3)17(14,15)9-7-13-6-4-11-5-8-16-10-11/h11,13H,4-10H2,1-3H3. The molecule has 0 spiro atoms. The van der Waals surface area contributed by atoms with Crippen molar-refractivity contribution in [3.05, 3.63) is 0 Å². The molecule has 1 fully saturated rings. The molecule has 1 atom stereocenters. The highest BCUT2D eigenvalue weighted by Crippen LogP contribution is 2.16. The predicted octanol–water partition coefficient (Wildman–Crippen LogP) is 1.22. The Kier molecular flexibility index (Phi) is 5.41. The quantitative estimate of drug-likeness (QED) is 0.732. The van der Waals surface area contributed by atoms with Gasteiger partial charge in [-0.2, -0.15) is 0 Å². The maximum absolute atomic E-state index is 11.8. The van der Waals surface area contributed by atoms with Gasteiger partial charge in [0.25, 0.3) is 0 Å². The molecule has 0 saturated carbocycles. The summed E-state index contributed by atoms with van der Waals surface area (Å²) in [4.78, 5) is 0. The molecule has 0 aromatic heterocycles. The third kappa shape index (κ3) is 4.94. The second-order valence-corrected chi connectivity index (χ2v) is 8.56. The third-order valence-electron chi connectivity index (χ3n) is 3.23. The fourth-order valence-corrected chi connectivity index (χ4v) is 2.78. The zero-order valence-corrected chi connectivity index (χ0v) is 12.0. The summed E-state index contributed by atoms with van der Waals surface area (Å²) in [5, 5.41) is 3.21. The van der Waals surface area contributed by atoms with Gasteiger partial charge in [0, 0.05) is 19.8 Å². The summed E-state index contributed by atoms with van der Waals surface area (Å²) >= 11 is 0. The van der Waals surface area contributed by atoms with E-state index in [0.717, 1.165) is 32.6 Å². The third-order valence-corrected chi connectivity index (χ3v) is 5.84. The van der Waals surface area contributed by atoms with E-state index in [4.69, 9.17) is 4.74 Å². The van der Waals surface area contributed by atoms with Crippen molar-refractivity contribution in [3.63, 3.8) is 0 Å². The van der Waals surface area contributed by atoms with Gasteiger partial charge in [0.05, 0.1) is 10.5 Å². The van der Waals surface area contributed by atoms with Crippen LogP contribution in [0.3, 0.4) is 0 Å². The summed E-state index contributed by atoms with van der Waals surface area (Å²) in [5.41, 5.74) is 0. The number of nitrogens with one attached hydrogen (secondary N) is 1. The Bertz CT molecular complexity index is 313. The molecular formula is C12H25NO3S. The van der Waals surface area contributed by atoms with Gasteiger partial charge in [0.1, 0.15) is 0 Å². The Morgan fingerprint density at radius 2 is 2.00 bits per heavy atom. The lowest BCUT2D eigenvalue weighted by Crippen LogP contribution is -2.35. The van der Waals surface area contributed by atoms with Gasteiger partial charge in [-0.1, -0.05) is 0 Å². The van der Waals surface area contributed by atoms with Gasteiger partial charge in [-0.15, -0.1) is 0 Å². The highest BCUT2D eigenvalue weighted by molar-refractivity contribution is 7.92. The number of ether oxygens (including phenoxy) is 1. The smallest absolute Gasteiger partial charge is 0.156 e. The molecule has 0 aromatic rings. The van der Waals surface area contributed by atoms with Crippen LogP contribution in [0.2, 0.25) is 0 Å². The van der Waals surface area contributed by atoms with Crippen molar-refractivity contribution >= 4 is 9.84 Å². The lowest BCUT2D eigenvalue weighted by Gasteiger charge is -2.19. The first-order valence-electron chi connectivity index (χ1n) is 6.34. The van der Waals surface area contributed by atoms with Crippen LogP contribution in [-0.2, 0) is 14.6 Å². The molecule has 1 N–H and O–H groups in total. The molecule has 1 aliphatic rings. The maximum atomic E-state index is 11.8. The molecule has 4 nitrogen and oxygen atoms in total. The number of rotatable bonds is 6. The van der Waals surface area contributed by atoms with E-state index in [-0.39, 0.29) is 5.75 Å². The molecule has 102 valence electrons. The molecule has 1 aliphatic heterocycles. The van der Waals surface area contributed by atoms with E-state index in [0.29, 0.717) is 12.5 Å². The van der Waals surface area contributed by atoms with E-state index in [1.165, 1.54) is 0 Å². The normalized spacial score (nSPS) is 21.9. The summed E-state index contributed by atoms with van der Waals surface area (Å²) < 4.78 is 28.3. The van der Waals surface area contributed by atoms with Crippen molar-refractivity contribution in [2.24, 2.45) is 5.92 Å². The summed E-state index contributed by atoms with van der Waals surface area (Å²) in [6, 6.07) is 0. The molecule has 1 rings (SSSR count). The Labute approximate surface area is 105 Å². The minimum absolute atomic E-state index is 0.220. The van der Waals surface area contributed by atoms with Gasteiger partial charge >= 0.3 is 0 Å². The summed E-state index contributed by atoms with van der Waals surface area (Å²) in [6.07, 6.45) is 2.22. The first kappa shape index (κ1) is 14.9. The fourth-order valence-electron chi connectivity index (χ4n) is 1.75. The Hall–Kier alpha value is -0.130. The van der Waals surface area contributed by atoms with Gasteiger partial charge in [0.2, 0.25) is 0 Å². The monoisotopic (exact) mass is 263 g/mol. The largest absolute Gasteiger partial charge is 0.381 e. The average Bonchev–Trinajstić information content (AvgIpc) is 2.68. The Morgan fingerprint density at radius 1 is 1.29 bits per heavy atom. The van der Waals surface area contributed by atoms with E-state index in [9.17, 15) is 8.42 Å². The average molecular weight is 263 g/mol. The van der Waals surface area contributed by atoms with E-state index >= 15 is 0 Å². The van der Waals surface area contributed by atoms with Crippen molar-refractivity contribution in [1.82, 2.24) is 5.32 Å². The van der Waals surface area contributed by atoms with Crippen LogP contribution < -0.4 is 5.32 Å². The molecule has 5 heteroatoms. The molecule has 0 bridgehead atoms. The highest BCUT2D eigenvalue weighted by atomic mass is 32.2. The van der Waals surface area contributed by atoms with E-state index in [2.05, 4.69) is 5.32 Å². The number of hydrogen-bond donors (Lipinski definition) is 1.